The van der Waals surface area contributed by atoms with E-state index in [1.54, 1.807) is 0 Å². The lowest BCUT2D eigenvalue weighted by molar-refractivity contribution is 0.950. The topological polar surface area (TPSA) is 38.4 Å². The lowest BCUT2D eigenvalue weighted by atomic mass is 10.0. The molecule has 2 nitrogen and oxygen atoms in total. The normalized spacial score (nSPS) is 20.9. The van der Waals surface area contributed by atoms with Crippen LogP contribution < -0.4 is 5.73 Å². The van der Waals surface area contributed by atoms with Crippen LogP contribution in [0.3, 0.4) is 0 Å². The highest BCUT2D eigenvalue weighted by Crippen LogP contribution is 2.22. The first-order chi connectivity index (χ1) is 6.27. The Bertz CT molecular complexity index is 347. The Hall–Kier alpha value is -0.670. The second-order valence-electron chi connectivity index (χ2n) is 3.17. The molecule has 0 radical (unpaired) electrons. The number of nitrogens with two attached hydrogens (primary N) is 1. The largest absolute Gasteiger partial charge is 0.320 e. The third-order valence-electron chi connectivity index (χ3n) is 2.24. The summed E-state index contributed by atoms with van der Waals surface area (Å²) in [6.45, 7) is 0.844. The molecule has 1 unspecified atom stereocenters. The van der Waals surface area contributed by atoms with Gasteiger partial charge in [-0.2, -0.15) is 0 Å². The number of hydrogen-bond acceptors (Lipinski definition) is 2. The molecule has 1 aromatic rings. The van der Waals surface area contributed by atoms with Crippen LogP contribution in [0.5, 0.6) is 0 Å². The van der Waals surface area contributed by atoms with E-state index >= 15 is 0 Å². The van der Waals surface area contributed by atoms with Crippen LogP contribution >= 0.6 is 15.9 Å². The zero-order valence-corrected chi connectivity index (χ0v) is 8.79. The summed E-state index contributed by atoms with van der Waals surface area (Å²) in [5.41, 5.74) is 8.44. The van der Waals surface area contributed by atoms with Crippen molar-refractivity contribution in [3.05, 3.63) is 33.8 Å². The fourth-order valence-corrected chi connectivity index (χ4v) is 1.98. The lowest BCUT2D eigenvalue weighted by Crippen LogP contribution is -2.12. The van der Waals surface area contributed by atoms with Gasteiger partial charge in [-0.05, 0) is 29.7 Å². The average molecular weight is 239 g/mol. The van der Waals surface area contributed by atoms with Gasteiger partial charge in [0.1, 0.15) is 0 Å². The van der Waals surface area contributed by atoms with Crippen molar-refractivity contribution in [2.24, 2.45) is 10.7 Å². The number of halogens is 1. The van der Waals surface area contributed by atoms with Gasteiger partial charge in [0, 0.05) is 17.2 Å². The van der Waals surface area contributed by atoms with Gasteiger partial charge in [0.05, 0.1) is 6.04 Å². The van der Waals surface area contributed by atoms with E-state index in [1.165, 1.54) is 11.1 Å². The zero-order valence-electron chi connectivity index (χ0n) is 7.20. The molecule has 0 bridgehead atoms. The highest BCUT2D eigenvalue weighted by Gasteiger charge is 2.11. The molecule has 0 aliphatic carbocycles. The van der Waals surface area contributed by atoms with Crippen LogP contribution in [0, 0.1) is 0 Å². The van der Waals surface area contributed by atoms with Crippen LogP contribution in [0.25, 0.3) is 0 Å². The lowest BCUT2D eigenvalue weighted by Gasteiger charge is -2.09. The van der Waals surface area contributed by atoms with E-state index in [0.29, 0.717) is 0 Å². The monoisotopic (exact) mass is 238 g/mol. The van der Waals surface area contributed by atoms with Gasteiger partial charge in [-0.25, -0.2) is 0 Å². The summed E-state index contributed by atoms with van der Waals surface area (Å²) in [7, 11) is 0. The van der Waals surface area contributed by atoms with E-state index in [9.17, 15) is 0 Å². The molecular formula is C10H11BrN2. The standard InChI is InChI=1S/C10H11BrN2/c11-8-1-2-9-7(5-8)3-4-13-6-10(9)12/h1-2,5-6,10H,3-4,12H2. The van der Waals surface area contributed by atoms with Gasteiger partial charge in [0.15, 0.2) is 0 Å². The Morgan fingerprint density at radius 1 is 1.46 bits per heavy atom. The van der Waals surface area contributed by atoms with Crippen LogP contribution in [0.2, 0.25) is 0 Å². The fourth-order valence-electron chi connectivity index (χ4n) is 1.57. The molecule has 1 aliphatic heterocycles. The van der Waals surface area contributed by atoms with Gasteiger partial charge in [0.25, 0.3) is 0 Å². The molecule has 0 saturated carbocycles. The molecule has 2 rings (SSSR count). The van der Waals surface area contributed by atoms with Gasteiger partial charge in [-0.1, -0.05) is 22.0 Å². The molecule has 68 valence electrons. The molecule has 0 aromatic heterocycles. The maximum absolute atomic E-state index is 5.93. The Morgan fingerprint density at radius 2 is 2.31 bits per heavy atom. The van der Waals surface area contributed by atoms with Crippen molar-refractivity contribution in [1.82, 2.24) is 0 Å². The minimum absolute atomic E-state index is 0.0365. The molecule has 13 heavy (non-hydrogen) atoms. The number of rotatable bonds is 0. The Balaban J connectivity index is 2.48. The second-order valence-corrected chi connectivity index (χ2v) is 4.09. The number of aliphatic imine (C=N–C) groups is 1. The van der Waals surface area contributed by atoms with E-state index in [2.05, 4.69) is 33.1 Å². The highest BCUT2D eigenvalue weighted by atomic mass is 79.9. The average Bonchev–Trinajstić information content (AvgIpc) is 2.28. The molecular weight excluding hydrogens is 228 g/mol. The Kier molecular flexibility index (Phi) is 2.47. The molecule has 0 fully saturated rings. The molecule has 2 N–H and O–H groups in total. The van der Waals surface area contributed by atoms with Crippen molar-refractivity contribution in [3.63, 3.8) is 0 Å². The molecule has 1 heterocycles. The van der Waals surface area contributed by atoms with E-state index in [4.69, 9.17) is 5.73 Å². The Morgan fingerprint density at radius 3 is 3.15 bits per heavy atom. The molecule has 3 heteroatoms. The van der Waals surface area contributed by atoms with Gasteiger partial charge in [0.2, 0.25) is 0 Å². The van der Waals surface area contributed by atoms with E-state index in [1.807, 2.05) is 12.3 Å². The summed E-state index contributed by atoms with van der Waals surface area (Å²) < 4.78 is 1.11. The van der Waals surface area contributed by atoms with Crippen LogP contribution in [-0.2, 0) is 6.42 Å². The molecule has 1 aliphatic rings. The zero-order chi connectivity index (χ0) is 9.26. The number of hydrogen-bond donors (Lipinski definition) is 1. The van der Waals surface area contributed by atoms with Crippen LogP contribution in [0.15, 0.2) is 27.7 Å². The van der Waals surface area contributed by atoms with Crippen molar-refractivity contribution in [1.29, 1.82) is 0 Å². The first-order valence-corrected chi connectivity index (χ1v) is 5.10. The van der Waals surface area contributed by atoms with E-state index in [-0.39, 0.29) is 6.04 Å². The van der Waals surface area contributed by atoms with Crippen molar-refractivity contribution in [2.45, 2.75) is 12.5 Å². The maximum atomic E-state index is 5.93. The first kappa shape index (κ1) is 8.91. The van der Waals surface area contributed by atoms with Gasteiger partial charge < -0.3 is 5.73 Å². The predicted octanol–water partition coefficient (Wildman–Crippen LogP) is 2.08. The fraction of sp³-hybridized carbons (Fsp3) is 0.300. The van der Waals surface area contributed by atoms with Crippen LogP contribution in [-0.4, -0.2) is 12.8 Å². The summed E-state index contributed by atoms with van der Waals surface area (Å²) in [5, 5.41) is 0. The quantitative estimate of drug-likeness (QED) is 0.739. The molecule has 0 amide bonds. The summed E-state index contributed by atoms with van der Waals surface area (Å²) in [6, 6.07) is 6.19. The molecule has 0 spiro atoms. The van der Waals surface area contributed by atoms with E-state index < -0.39 is 0 Å². The summed E-state index contributed by atoms with van der Waals surface area (Å²) in [6.07, 6.45) is 2.82. The summed E-state index contributed by atoms with van der Waals surface area (Å²) >= 11 is 3.45. The van der Waals surface area contributed by atoms with E-state index in [0.717, 1.165) is 17.4 Å². The molecule has 1 atom stereocenters. The first-order valence-electron chi connectivity index (χ1n) is 4.31. The van der Waals surface area contributed by atoms with Crippen molar-refractivity contribution in [2.75, 3.05) is 6.54 Å². The van der Waals surface area contributed by atoms with Gasteiger partial charge in [-0.15, -0.1) is 0 Å². The predicted molar refractivity (Wildman–Crippen MR) is 58.1 cm³/mol. The number of nitrogens with zero attached hydrogens (tertiary/aromatic N) is 1. The van der Waals surface area contributed by atoms with Gasteiger partial charge in [-0.3, -0.25) is 4.99 Å². The van der Waals surface area contributed by atoms with Crippen molar-refractivity contribution in [3.8, 4) is 0 Å². The minimum Gasteiger partial charge on any atom is -0.320 e. The summed E-state index contributed by atoms with van der Waals surface area (Å²) in [4.78, 5) is 4.23. The molecule has 0 saturated heterocycles. The molecule has 1 aromatic carbocycles. The second kappa shape index (κ2) is 3.60. The van der Waals surface area contributed by atoms with Gasteiger partial charge >= 0.3 is 0 Å². The smallest absolute Gasteiger partial charge is 0.0654 e. The van der Waals surface area contributed by atoms with Crippen molar-refractivity contribution < 1.29 is 0 Å². The van der Waals surface area contributed by atoms with Crippen LogP contribution in [0.1, 0.15) is 17.2 Å². The minimum atomic E-state index is -0.0365. The summed E-state index contributed by atoms with van der Waals surface area (Å²) in [5.74, 6) is 0. The third kappa shape index (κ3) is 1.81. The SMILES string of the molecule is NC1C=NCCc2cc(Br)ccc21. The third-order valence-corrected chi connectivity index (χ3v) is 2.73. The van der Waals surface area contributed by atoms with Crippen LogP contribution in [0.4, 0.5) is 0 Å². The number of benzene rings is 1. The highest BCUT2D eigenvalue weighted by molar-refractivity contribution is 9.10. The number of fused-ring (bicyclic) bond motifs is 1. The van der Waals surface area contributed by atoms with Crippen molar-refractivity contribution >= 4 is 22.1 Å². The maximum Gasteiger partial charge on any atom is 0.0654 e. The Labute approximate surface area is 86.0 Å².